The van der Waals surface area contributed by atoms with Gasteiger partial charge in [0.1, 0.15) is 5.75 Å². The van der Waals surface area contributed by atoms with Crippen molar-refractivity contribution in [2.75, 3.05) is 13.2 Å². The Kier molecular flexibility index (Phi) is 6.81. The predicted molar refractivity (Wildman–Crippen MR) is 78.1 cm³/mol. The minimum Gasteiger partial charge on any atom is -0.494 e. The molecule has 0 spiro atoms. The molecule has 0 bridgehead atoms. The maximum Gasteiger partial charge on any atom is 0.119 e. The van der Waals surface area contributed by atoms with E-state index >= 15 is 0 Å². The molecule has 0 aromatic heterocycles. The summed E-state index contributed by atoms with van der Waals surface area (Å²) in [4.78, 5) is 0. The molecular formula is C16H27NO. The lowest BCUT2D eigenvalue weighted by Crippen LogP contribution is -2.19. The second kappa shape index (κ2) is 8.15. The number of hydrogen-bond donors (Lipinski definition) is 1. The average molecular weight is 249 g/mol. The molecule has 0 radical (unpaired) electrons. The van der Waals surface area contributed by atoms with Gasteiger partial charge < -0.3 is 10.1 Å². The van der Waals surface area contributed by atoms with Crippen molar-refractivity contribution in [1.29, 1.82) is 0 Å². The van der Waals surface area contributed by atoms with E-state index < -0.39 is 0 Å². The number of rotatable bonds is 8. The zero-order chi connectivity index (χ0) is 13.4. The summed E-state index contributed by atoms with van der Waals surface area (Å²) >= 11 is 0. The van der Waals surface area contributed by atoms with Crippen molar-refractivity contribution in [3.8, 4) is 5.75 Å². The first kappa shape index (κ1) is 15.0. The van der Waals surface area contributed by atoms with Gasteiger partial charge in [0.15, 0.2) is 0 Å². The van der Waals surface area contributed by atoms with Crippen molar-refractivity contribution in [1.82, 2.24) is 5.32 Å². The molecule has 0 amide bonds. The van der Waals surface area contributed by atoms with Crippen LogP contribution in [0.25, 0.3) is 0 Å². The van der Waals surface area contributed by atoms with Gasteiger partial charge in [-0.2, -0.15) is 0 Å². The highest BCUT2D eigenvalue weighted by atomic mass is 16.5. The van der Waals surface area contributed by atoms with Crippen LogP contribution < -0.4 is 10.1 Å². The second-order valence-corrected chi connectivity index (χ2v) is 5.12. The van der Waals surface area contributed by atoms with Crippen molar-refractivity contribution in [2.24, 2.45) is 5.92 Å². The Morgan fingerprint density at radius 2 is 1.78 bits per heavy atom. The lowest BCUT2D eigenvalue weighted by atomic mass is 10.0. The average Bonchev–Trinajstić information content (AvgIpc) is 2.36. The van der Waals surface area contributed by atoms with Crippen molar-refractivity contribution in [3.05, 3.63) is 29.8 Å². The van der Waals surface area contributed by atoms with E-state index in [0.717, 1.165) is 31.7 Å². The van der Waals surface area contributed by atoms with E-state index in [1.54, 1.807) is 0 Å². The molecule has 1 N–H and O–H groups in total. The maximum absolute atomic E-state index is 5.72. The molecule has 1 rings (SSSR count). The smallest absolute Gasteiger partial charge is 0.119 e. The zero-order valence-corrected chi connectivity index (χ0v) is 12.2. The number of ether oxygens (including phenoxy) is 1. The summed E-state index contributed by atoms with van der Waals surface area (Å²) in [5, 5.41) is 3.49. The zero-order valence-electron chi connectivity index (χ0n) is 12.2. The van der Waals surface area contributed by atoms with E-state index in [1.807, 2.05) is 0 Å². The van der Waals surface area contributed by atoms with E-state index in [1.165, 1.54) is 5.56 Å². The van der Waals surface area contributed by atoms with Crippen LogP contribution >= 0.6 is 0 Å². The quantitative estimate of drug-likeness (QED) is 0.746. The molecule has 18 heavy (non-hydrogen) atoms. The molecule has 0 heterocycles. The van der Waals surface area contributed by atoms with E-state index in [9.17, 15) is 0 Å². The van der Waals surface area contributed by atoms with Gasteiger partial charge >= 0.3 is 0 Å². The number of benzene rings is 1. The summed E-state index contributed by atoms with van der Waals surface area (Å²) in [5.74, 6) is 1.67. The fourth-order valence-electron chi connectivity index (χ4n) is 1.95. The van der Waals surface area contributed by atoms with Crippen LogP contribution in [-0.4, -0.2) is 13.2 Å². The molecule has 0 aliphatic heterocycles. The first-order valence-electron chi connectivity index (χ1n) is 7.13. The highest BCUT2D eigenvalue weighted by Gasteiger charge is 2.07. The summed E-state index contributed by atoms with van der Waals surface area (Å²) in [5.41, 5.74) is 1.34. The van der Waals surface area contributed by atoms with Crippen LogP contribution in [0.1, 0.15) is 52.1 Å². The molecule has 102 valence electrons. The van der Waals surface area contributed by atoms with E-state index in [2.05, 4.69) is 57.3 Å². The van der Waals surface area contributed by atoms with Crippen molar-refractivity contribution in [2.45, 2.75) is 46.6 Å². The first-order chi connectivity index (χ1) is 8.67. The summed E-state index contributed by atoms with van der Waals surface area (Å²) in [6.07, 6.45) is 2.22. The Bertz CT molecular complexity index is 318. The molecule has 2 heteroatoms. The van der Waals surface area contributed by atoms with Crippen molar-refractivity contribution >= 4 is 0 Å². The Morgan fingerprint density at radius 3 is 2.28 bits per heavy atom. The highest BCUT2D eigenvalue weighted by molar-refractivity contribution is 5.29. The molecule has 0 aliphatic carbocycles. The summed E-state index contributed by atoms with van der Waals surface area (Å²) in [6.45, 7) is 10.6. The largest absolute Gasteiger partial charge is 0.494 e. The fraction of sp³-hybridized carbons (Fsp3) is 0.625. The fourth-order valence-corrected chi connectivity index (χ4v) is 1.95. The van der Waals surface area contributed by atoms with Crippen LogP contribution in [-0.2, 0) is 0 Å². The molecule has 0 aliphatic rings. The Hall–Kier alpha value is -1.02. The topological polar surface area (TPSA) is 21.3 Å². The minimum atomic E-state index is 0.458. The van der Waals surface area contributed by atoms with Crippen LogP contribution in [0.4, 0.5) is 0 Å². The Morgan fingerprint density at radius 1 is 1.11 bits per heavy atom. The summed E-state index contributed by atoms with van der Waals surface area (Å²) < 4.78 is 5.72. The lowest BCUT2D eigenvalue weighted by molar-refractivity contribution is 0.289. The third-order valence-electron chi connectivity index (χ3n) is 3.11. The maximum atomic E-state index is 5.72. The molecule has 0 fully saturated rings. The Labute approximate surface area is 112 Å². The molecule has 1 atom stereocenters. The SMILES string of the molecule is CCNC(CC)c1ccc(OCCC(C)C)cc1. The van der Waals surface area contributed by atoms with Crippen LogP contribution in [0.3, 0.4) is 0 Å². The third kappa shape index (κ3) is 5.09. The van der Waals surface area contributed by atoms with E-state index in [4.69, 9.17) is 4.74 Å². The summed E-state index contributed by atoms with van der Waals surface area (Å²) in [6, 6.07) is 8.95. The van der Waals surface area contributed by atoms with Gasteiger partial charge in [0.25, 0.3) is 0 Å². The number of nitrogens with one attached hydrogen (secondary N) is 1. The van der Waals surface area contributed by atoms with Gasteiger partial charge in [-0.1, -0.05) is 39.8 Å². The van der Waals surface area contributed by atoms with Crippen molar-refractivity contribution in [3.63, 3.8) is 0 Å². The molecule has 1 unspecified atom stereocenters. The predicted octanol–water partition coefficient (Wildman–Crippen LogP) is 4.17. The second-order valence-electron chi connectivity index (χ2n) is 5.12. The van der Waals surface area contributed by atoms with Gasteiger partial charge in [-0.25, -0.2) is 0 Å². The monoisotopic (exact) mass is 249 g/mol. The van der Waals surface area contributed by atoms with Gasteiger partial charge in [-0.05, 0) is 43.0 Å². The van der Waals surface area contributed by atoms with Crippen LogP contribution in [0.5, 0.6) is 5.75 Å². The molecular weight excluding hydrogens is 222 g/mol. The van der Waals surface area contributed by atoms with Gasteiger partial charge in [0, 0.05) is 6.04 Å². The molecule has 2 nitrogen and oxygen atoms in total. The van der Waals surface area contributed by atoms with Gasteiger partial charge in [-0.15, -0.1) is 0 Å². The molecule has 0 saturated carbocycles. The molecule has 1 aromatic rings. The molecule has 0 saturated heterocycles. The van der Waals surface area contributed by atoms with E-state index in [0.29, 0.717) is 12.0 Å². The van der Waals surface area contributed by atoms with Crippen LogP contribution in [0.15, 0.2) is 24.3 Å². The first-order valence-corrected chi connectivity index (χ1v) is 7.13. The van der Waals surface area contributed by atoms with Crippen LogP contribution in [0.2, 0.25) is 0 Å². The minimum absolute atomic E-state index is 0.458. The van der Waals surface area contributed by atoms with Crippen LogP contribution in [0, 0.1) is 5.92 Å². The number of hydrogen-bond acceptors (Lipinski definition) is 2. The molecule has 1 aromatic carbocycles. The highest BCUT2D eigenvalue weighted by Crippen LogP contribution is 2.20. The summed E-state index contributed by atoms with van der Waals surface area (Å²) in [7, 11) is 0. The van der Waals surface area contributed by atoms with Gasteiger partial charge in [0.05, 0.1) is 6.61 Å². The van der Waals surface area contributed by atoms with Crippen molar-refractivity contribution < 1.29 is 4.74 Å². The lowest BCUT2D eigenvalue weighted by Gasteiger charge is -2.16. The Balaban J connectivity index is 2.50. The normalized spacial score (nSPS) is 12.7. The standard InChI is InChI=1S/C16H27NO/c1-5-16(17-6-2)14-7-9-15(10-8-14)18-12-11-13(3)4/h7-10,13,16-17H,5-6,11-12H2,1-4H3. The third-order valence-corrected chi connectivity index (χ3v) is 3.11. The van der Waals surface area contributed by atoms with E-state index in [-0.39, 0.29) is 0 Å². The van der Waals surface area contributed by atoms with Gasteiger partial charge in [-0.3, -0.25) is 0 Å². The van der Waals surface area contributed by atoms with Gasteiger partial charge in [0.2, 0.25) is 0 Å².